The van der Waals surface area contributed by atoms with E-state index >= 15 is 0 Å². The second kappa shape index (κ2) is 6.33. The highest BCUT2D eigenvalue weighted by atomic mass is 35.5. The molecule has 84 valence electrons. The van der Waals surface area contributed by atoms with Crippen LogP contribution in [0.5, 0.6) is 0 Å². The van der Waals surface area contributed by atoms with Crippen LogP contribution in [0.25, 0.3) is 0 Å². The lowest BCUT2D eigenvalue weighted by Crippen LogP contribution is -1.92. The monoisotopic (exact) mass is 257 g/mol. The van der Waals surface area contributed by atoms with Gasteiger partial charge in [0.2, 0.25) is 6.41 Å². The number of benzene rings is 1. The molecule has 2 N–H and O–H groups in total. The molecule has 1 aliphatic heterocycles. The van der Waals surface area contributed by atoms with Gasteiger partial charge in [0.05, 0.1) is 16.1 Å². The molecule has 1 aromatic rings. The first-order valence-corrected chi connectivity index (χ1v) is 5.21. The number of rotatable bonds is 2. The number of nitriles is 1. The van der Waals surface area contributed by atoms with E-state index in [-0.39, 0.29) is 6.04 Å². The minimum Gasteiger partial charge on any atom is -0.329 e. The Morgan fingerprint density at radius 1 is 1.50 bits per heavy atom. The van der Waals surface area contributed by atoms with Crippen molar-refractivity contribution in [3.8, 4) is 6.07 Å². The quantitative estimate of drug-likeness (QED) is 0.629. The Labute approximate surface area is 103 Å². The molecule has 0 aromatic heterocycles. The number of carbonyl (C=O) groups is 1. The summed E-state index contributed by atoms with van der Waals surface area (Å²) in [6, 6.07) is 7.09. The van der Waals surface area contributed by atoms with Crippen molar-refractivity contribution >= 4 is 35.3 Å². The van der Waals surface area contributed by atoms with E-state index in [1.54, 1.807) is 18.2 Å². The van der Waals surface area contributed by atoms with Crippen LogP contribution in [-0.2, 0) is 4.79 Å². The fourth-order valence-electron chi connectivity index (χ4n) is 0.804. The Kier molecular flexibility index (Phi) is 5.06. The van der Waals surface area contributed by atoms with Crippen LogP contribution in [0.15, 0.2) is 18.2 Å². The summed E-state index contributed by atoms with van der Waals surface area (Å²) in [6.45, 7) is 0.899. The van der Waals surface area contributed by atoms with Gasteiger partial charge in [0.25, 0.3) is 0 Å². The highest BCUT2D eigenvalue weighted by Crippen LogP contribution is 2.24. The minimum atomic E-state index is 0.190. The molecule has 1 fully saturated rings. The zero-order chi connectivity index (χ0) is 12.0. The van der Waals surface area contributed by atoms with Gasteiger partial charge in [0, 0.05) is 12.2 Å². The molecule has 0 radical (unpaired) electrons. The van der Waals surface area contributed by atoms with E-state index in [1.165, 1.54) is 0 Å². The van der Waals surface area contributed by atoms with E-state index in [9.17, 15) is 4.79 Å². The van der Waals surface area contributed by atoms with Crippen molar-refractivity contribution in [2.75, 3.05) is 11.9 Å². The third-order valence-electron chi connectivity index (χ3n) is 1.71. The van der Waals surface area contributed by atoms with Crippen LogP contribution in [0.4, 0.5) is 5.69 Å². The SMILES string of the molecule is N#CC1CN1.O=CNc1ccc(Cl)c(Cl)c1. The molecule has 2 rings (SSSR count). The van der Waals surface area contributed by atoms with Crippen LogP contribution in [0.2, 0.25) is 10.0 Å². The fourth-order valence-corrected chi connectivity index (χ4v) is 1.10. The molecule has 1 aliphatic rings. The van der Waals surface area contributed by atoms with Crippen molar-refractivity contribution in [3.63, 3.8) is 0 Å². The van der Waals surface area contributed by atoms with Gasteiger partial charge in [0.15, 0.2) is 0 Å². The summed E-state index contributed by atoms with van der Waals surface area (Å²) in [5, 5.41) is 14.1. The maximum absolute atomic E-state index is 9.98. The molecular weight excluding hydrogens is 249 g/mol. The summed E-state index contributed by atoms with van der Waals surface area (Å²) >= 11 is 11.3. The number of hydrogen-bond donors (Lipinski definition) is 2. The lowest BCUT2D eigenvalue weighted by atomic mass is 10.3. The minimum absolute atomic E-state index is 0.190. The maximum atomic E-state index is 9.98. The van der Waals surface area contributed by atoms with Gasteiger partial charge in [-0.25, -0.2) is 0 Å². The van der Waals surface area contributed by atoms with Crippen molar-refractivity contribution in [2.24, 2.45) is 0 Å². The second-order valence-corrected chi connectivity index (χ2v) is 3.80. The molecule has 1 unspecified atom stereocenters. The number of halogens is 2. The zero-order valence-electron chi connectivity index (χ0n) is 8.21. The summed E-state index contributed by atoms with van der Waals surface area (Å²) < 4.78 is 0. The van der Waals surface area contributed by atoms with Crippen molar-refractivity contribution in [2.45, 2.75) is 6.04 Å². The van der Waals surface area contributed by atoms with Crippen molar-refractivity contribution in [1.82, 2.24) is 5.32 Å². The van der Waals surface area contributed by atoms with E-state index in [0.29, 0.717) is 22.1 Å². The standard InChI is InChI=1S/C7H5Cl2NO.C3H4N2/c8-6-2-1-5(10-4-11)3-7(6)9;4-1-3-2-5-3/h1-4H,(H,10,11);3,5H,2H2. The first kappa shape index (κ1) is 12.8. The summed E-state index contributed by atoms with van der Waals surface area (Å²) in [7, 11) is 0. The third-order valence-corrected chi connectivity index (χ3v) is 2.45. The normalized spacial score (nSPS) is 16.4. The van der Waals surface area contributed by atoms with Gasteiger partial charge in [-0.05, 0) is 18.2 Å². The molecule has 0 bridgehead atoms. The molecule has 1 amide bonds. The predicted octanol–water partition coefficient (Wildman–Crippen LogP) is 2.04. The van der Waals surface area contributed by atoms with E-state index in [4.69, 9.17) is 28.5 Å². The van der Waals surface area contributed by atoms with Crippen molar-refractivity contribution < 1.29 is 4.79 Å². The second-order valence-electron chi connectivity index (χ2n) is 2.98. The summed E-state index contributed by atoms with van der Waals surface area (Å²) in [6.07, 6.45) is 0.583. The number of hydrogen-bond acceptors (Lipinski definition) is 3. The van der Waals surface area contributed by atoms with Gasteiger partial charge in [-0.2, -0.15) is 5.26 Å². The average Bonchev–Trinajstić information content (AvgIpc) is 3.08. The zero-order valence-corrected chi connectivity index (χ0v) is 9.72. The highest BCUT2D eigenvalue weighted by molar-refractivity contribution is 6.42. The Hall–Kier alpha value is -1.28. The number of nitrogens with one attached hydrogen (secondary N) is 2. The average molecular weight is 258 g/mol. The molecule has 1 atom stereocenters. The first-order chi connectivity index (χ1) is 7.67. The molecule has 16 heavy (non-hydrogen) atoms. The number of nitrogens with zero attached hydrogens (tertiary/aromatic N) is 1. The molecule has 1 heterocycles. The van der Waals surface area contributed by atoms with Crippen LogP contribution >= 0.6 is 23.2 Å². The lowest BCUT2D eigenvalue weighted by Gasteiger charge is -1.99. The van der Waals surface area contributed by atoms with E-state index in [1.807, 2.05) is 6.07 Å². The number of anilines is 1. The molecule has 0 spiro atoms. The molecule has 1 aromatic carbocycles. The molecule has 0 saturated carbocycles. The van der Waals surface area contributed by atoms with Gasteiger partial charge in [-0.3, -0.25) is 10.1 Å². The number of carbonyl (C=O) groups excluding carboxylic acids is 1. The van der Waals surface area contributed by atoms with Crippen molar-refractivity contribution in [3.05, 3.63) is 28.2 Å². The van der Waals surface area contributed by atoms with Gasteiger partial charge in [-0.1, -0.05) is 23.2 Å². The Balaban J connectivity index is 0.000000212. The lowest BCUT2D eigenvalue weighted by molar-refractivity contribution is -0.105. The van der Waals surface area contributed by atoms with Gasteiger partial charge >= 0.3 is 0 Å². The van der Waals surface area contributed by atoms with Gasteiger partial charge < -0.3 is 5.32 Å². The molecule has 0 aliphatic carbocycles. The first-order valence-electron chi connectivity index (χ1n) is 4.45. The van der Waals surface area contributed by atoms with Crippen LogP contribution in [0.3, 0.4) is 0 Å². The predicted molar refractivity (Wildman–Crippen MR) is 63.6 cm³/mol. The van der Waals surface area contributed by atoms with E-state index < -0.39 is 0 Å². The van der Waals surface area contributed by atoms with Crippen LogP contribution in [0.1, 0.15) is 0 Å². The summed E-state index contributed by atoms with van der Waals surface area (Å²) in [4.78, 5) is 9.98. The maximum Gasteiger partial charge on any atom is 0.211 e. The van der Waals surface area contributed by atoms with Gasteiger partial charge in [-0.15, -0.1) is 0 Å². The summed E-state index contributed by atoms with van der Waals surface area (Å²) in [5.74, 6) is 0. The molecule has 4 nitrogen and oxygen atoms in total. The van der Waals surface area contributed by atoms with Crippen LogP contribution in [0, 0.1) is 11.3 Å². The third kappa shape index (κ3) is 4.49. The topological polar surface area (TPSA) is 74.8 Å². The number of amides is 1. The largest absolute Gasteiger partial charge is 0.329 e. The smallest absolute Gasteiger partial charge is 0.211 e. The van der Waals surface area contributed by atoms with Gasteiger partial charge in [0.1, 0.15) is 6.04 Å². The Morgan fingerprint density at radius 3 is 2.56 bits per heavy atom. The van der Waals surface area contributed by atoms with E-state index in [0.717, 1.165) is 6.54 Å². The van der Waals surface area contributed by atoms with Crippen molar-refractivity contribution in [1.29, 1.82) is 5.26 Å². The van der Waals surface area contributed by atoms with E-state index in [2.05, 4.69) is 10.6 Å². The van der Waals surface area contributed by atoms with Crippen LogP contribution in [-0.4, -0.2) is 19.0 Å². The Morgan fingerprint density at radius 2 is 2.19 bits per heavy atom. The molecule has 1 saturated heterocycles. The van der Waals surface area contributed by atoms with Crippen LogP contribution < -0.4 is 10.6 Å². The highest BCUT2D eigenvalue weighted by Gasteiger charge is 2.17. The molecular formula is C10H9Cl2N3O. The molecule has 6 heteroatoms. The summed E-state index contributed by atoms with van der Waals surface area (Å²) in [5.41, 5.74) is 0.634. The Bertz CT molecular complexity index is 413. The fraction of sp³-hybridized carbons (Fsp3) is 0.200.